The fourth-order valence-corrected chi connectivity index (χ4v) is 4.11. The molecule has 1 fully saturated rings. The first-order chi connectivity index (χ1) is 9.84. The molecule has 3 rings (SSSR count). The summed E-state index contributed by atoms with van der Waals surface area (Å²) >= 11 is 3.20. The molecule has 1 aromatic rings. The van der Waals surface area contributed by atoms with E-state index in [1.165, 1.54) is 7.11 Å². The number of carbonyl (C=O) groups excluding carboxylic acids is 1. The summed E-state index contributed by atoms with van der Waals surface area (Å²) in [7, 11) is 1.39. The molecule has 1 N–H and O–H groups in total. The zero-order valence-electron chi connectivity index (χ0n) is 12.1. The molecule has 2 atom stereocenters. The molecular formula is C16H22BrNO4. The molecule has 0 spiro atoms. The van der Waals surface area contributed by atoms with E-state index in [0.29, 0.717) is 23.9 Å². The minimum Gasteiger partial charge on any atom is -0.491 e. The van der Waals surface area contributed by atoms with E-state index in [0.717, 1.165) is 12.8 Å². The molecule has 5 nitrogen and oxygen atoms in total. The number of pyridine rings is 1. The molecule has 1 aliphatic heterocycles. The van der Waals surface area contributed by atoms with Gasteiger partial charge in [-0.15, -0.1) is 0 Å². The average Bonchev–Trinajstić information content (AvgIpc) is 2.44. The molecule has 122 valence electrons. The van der Waals surface area contributed by atoms with Gasteiger partial charge in [-0.1, -0.05) is 20.3 Å². The average molecular weight is 372 g/mol. The maximum Gasteiger partial charge on any atom is 0.238 e. The standard InChI is InChI=1S/C15H18BrNO4.CH4/c1-14-5-3-4-6-15(14,20)8-17-7-9(16)11(18)12(21-2)10(17)13(14)19;/h7,20H,3-6,8H2,1-2H3;1H4. The van der Waals surface area contributed by atoms with Gasteiger partial charge in [0, 0.05) is 6.20 Å². The molecule has 0 aromatic carbocycles. The number of hydrogen-bond acceptors (Lipinski definition) is 4. The summed E-state index contributed by atoms with van der Waals surface area (Å²) in [6.07, 6.45) is 4.63. The SMILES string of the molecule is C.COc1c2n(cc(Br)c1=O)CC1(O)CCCCC1(C)C2=O. The second-order valence-electron chi connectivity index (χ2n) is 6.22. The van der Waals surface area contributed by atoms with Crippen molar-refractivity contribution < 1.29 is 14.6 Å². The topological polar surface area (TPSA) is 68.5 Å². The summed E-state index contributed by atoms with van der Waals surface area (Å²) in [6, 6.07) is 0. The van der Waals surface area contributed by atoms with Crippen molar-refractivity contribution in [2.24, 2.45) is 5.41 Å². The van der Waals surface area contributed by atoms with Crippen LogP contribution in [0.5, 0.6) is 5.75 Å². The summed E-state index contributed by atoms with van der Waals surface area (Å²) in [5.41, 5.74) is -1.96. The van der Waals surface area contributed by atoms with Crippen LogP contribution in [0, 0.1) is 5.41 Å². The van der Waals surface area contributed by atoms with Crippen molar-refractivity contribution in [2.45, 2.75) is 52.2 Å². The van der Waals surface area contributed by atoms with Gasteiger partial charge in [-0.25, -0.2) is 0 Å². The van der Waals surface area contributed by atoms with Crippen molar-refractivity contribution in [1.29, 1.82) is 0 Å². The molecule has 1 saturated carbocycles. The van der Waals surface area contributed by atoms with Crippen LogP contribution in [0.3, 0.4) is 0 Å². The van der Waals surface area contributed by atoms with Crippen LogP contribution in [0.1, 0.15) is 50.5 Å². The molecular weight excluding hydrogens is 350 g/mol. The van der Waals surface area contributed by atoms with E-state index >= 15 is 0 Å². The minimum absolute atomic E-state index is 0. The van der Waals surface area contributed by atoms with Crippen molar-refractivity contribution in [1.82, 2.24) is 4.57 Å². The van der Waals surface area contributed by atoms with Crippen molar-refractivity contribution >= 4 is 21.7 Å². The number of ketones is 1. The second kappa shape index (κ2) is 5.49. The molecule has 1 aliphatic carbocycles. The Labute approximate surface area is 138 Å². The normalized spacial score (nSPS) is 30.1. The number of methoxy groups -OCH3 is 1. The number of fused-ring (bicyclic) bond motifs is 2. The molecule has 6 heteroatoms. The van der Waals surface area contributed by atoms with Crippen LogP contribution < -0.4 is 10.2 Å². The van der Waals surface area contributed by atoms with E-state index in [1.807, 2.05) is 6.92 Å². The number of ether oxygens (including phenoxy) is 1. The Morgan fingerprint density at radius 3 is 2.59 bits per heavy atom. The highest BCUT2D eigenvalue weighted by Gasteiger charge is 2.57. The van der Waals surface area contributed by atoms with Crippen molar-refractivity contribution in [3.05, 3.63) is 26.6 Å². The van der Waals surface area contributed by atoms with Gasteiger partial charge in [0.2, 0.25) is 5.43 Å². The summed E-state index contributed by atoms with van der Waals surface area (Å²) in [6.45, 7) is 2.11. The Balaban J connectivity index is 0.00000176. The smallest absolute Gasteiger partial charge is 0.238 e. The number of hydrogen-bond donors (Lipinski definition) is 1. The van der Waals surface area contributed by atoms with Gasteiger partial charge in [0.1, 0.15) is 5.69 Å². The van der Waals surface area contributed by atoms with Gasteiger partial charge in [0.05, 0.1) is 29.1 Å². The predicted octanol–water partition coefficient (Wildman–Crippen LogP) is 2.76. The van der Waals surface area contributed by atoms with E-state index in [2.05, 4.69) is 15.9 Å². The summed E-state index contributed by atoms with van der Waals surface area (Å²) in [5, 5.41) is 11.0. The molecule has 22 heavy (non-hydrogen) atoms. The van der Waals surface area contributed by atoms with Gasteiger partial charge in [0.25, 0.3) is 0 Å². The molecule has 0 amide bonds. The van der Waals surface area contributed by atoms with Gasteiger partial charge < -0.3 is 14.4 Å². The first-order valence-electron chi connectivity index (χ1n) is 7.08. The third-order valence-electron chi connectivity index (χ3n) is 5.09. The number of aliphatic hydroxyl groups is 1. The van der Waals surface area contributed by atoms with Crippen LogP contribution in [-0.2, 0) is 6.54 Å². The van der Waals surface area contributed by atoms with Crippen molar-refractivity contribution in [3.8, 4) is 5.75 Å². The lowest BCUT2D eigenvalue weighted by Crippen LogP contribution is -2.60. The lowest BCUT2D eigenvalue weighted by atomic mass is 9.59. The molecule has 1 aromatic heterocycles. The van der Waals surface area contributed by atoms with Crippen LogP contribution in [0.2, 0.25) is 0 Å². The van der Waals surface area contributed by atoms with Gasteiger partial charge in [-0.05, 0) is 35.7 Å². The third-order valence-corrected chi connectivity index (χ3v) is 5.66. The Morgan fingerprint density at radius 1 is 1.32 bits per heavy atom. The fourth-order valence-electron chi connectivity index (χ4n) is 3.68. The molecule has 0 bridgehead atoms. The first-order valence-corrected chi connectivity index (χ1v) is 7.87. The van der Waals surface area contributed by atoms with E-state index in [1.54, 1.807) is 10.8 Å². The van der Waals surface area contributed by atoms with Crippen LogP contribution in [0.25, 0.3) is 0 Å². The first kappa shape index (κ1) is 17.2. The number of nitrogens with zero attached hydrogens (tertiary/aromatic N) is 1. The van der Waals surface area contributed by atoms with Crippen LogP contribution >= 0.6 is 15.9 Å². The maximum absolute atomic E-state index is 13.0. The van der Waals surface area contributed by atoms with E-state index in [-0.39, 0.29) is 30.1 Å². The third kappa shape index (κ3) is 2.07. The fraction of sp³-hybridized carbons (Fsp3) is 0.625. The maximum atomic E-state index is 13.0. The number of carbonyl (C=O) groups is 1. The largest absolute Gasteiger partial charge is 0.491 e. The quantitative estimate of drug-likeness (QED) is 0.823. The molecule has 0 saturated heterocycles. The molecule has 2 heterocycles. The summed E-state index contributed by atoms with van der Waals surface area (Å²) < 4.78 is 7.17. The highest BCUT2D eigenvalue weighted by molar-refractivity contribution is 9.10. The lowest BCUT2D eigenvalue weighted by Gasteiger charge is -2.51. The van der Waals surface area contributed by atoms with Gasteiger partial charge in [-0.2, -0.15) is 0 Å². The number of halogens is 1. The number of rotatable bonds is 1. The highest BCUT2D eigenvalue weighted by Crippen LogP contribution is 2.50. The van der Waals surface area contributed by atoms with Crippen molar-refractivity contribution in [3.63, 3.8) is 0 Å². The molecule has 2 aliphatic rings. The zero-order chi connectivity index (χ0) is 15.4. The summed E-state index contributed by atoms with van der Waals surface area (Å²) in [5.74, 6) is -0.138. The molecule has 0 radical (unpaired) electrons. The highest BCUT2D eigenvalue weighted by atomic mass is 79.9. The van der Waals surface area contributed by atoms with Crippen LogP contribution in [-0.4, -0.2) is 28.2 Å². The number of Topliss-reactive ketones (excluding diaryl/α,β-unsaturated/α-hetero) is 1. The Hall–Kier alpha value is -1.14. The van der Waals surface area contributed by atoms with Gasteiger partial charge in [-0.3, -0.25) is 9.59 Å². The molecule has 2 unspecified atom stereocenters. The van der Waals surface area contributed by atoms with Crippen LogP contribution in [0.15, 0.2) is 15.5 Å². The van der Waals surface area contributed by atoms with Crippen LogP contribution in [0.4, 0.5) is 0 Å². The van der Waals surface area contributed by atoms with Gasteiger partial charge in [0.15, 0.2) is 11.5 Å². The van der Waals surface area contributed by atoms with E-state index < -0.39 is 11.0 Å². The second-order valence-corrected chi connectivity index (χ2v) is 7.07. The van der Waals surface area contributed by atoms with Gasteiger partial charge >= 0.3 is 0 Å². The summed E-state index contributed by atoms with van der Waals surface area (Å²) in [4.78, 5) is 25.2. The Morgan fingerprint density at radius 2 is 1.95 bits per heavy atom. The predicted molar refractivity (Wildman–Crippen MR) is 87.5 cm³/mol. The van der Waals surface area contributed by atoms with E-state index in [9.17, 15) is 14.7 Å². The lowest BCUT2D eigenvalue weighted by molar-refractivity contribution is -0.104. The Bertz CT molecular complexity index is 683. The Kier molecular flexibility index (Phi) is 4.30. The van der Waals surface area contributed by atoms with E-state index in [4.69, 9.17) is 4.74 Å². The monoisotopic (exact) mass is 371 g/mol. The zero-order valence-corrected chi connectivity index (χ0v) is 13.7. The minimum atomic E-state index is -1.06. The van der Waals surface area contributed by atoms with Crippen molar-refractivity contribution in [2.75, 3.05) is 7.11 Å². The number of aromatic nitrogens is 1.